The second kappa shape index (κ2) is 5.92. The number of non-ortho nitro benzene ring substituents is 1. The smallest absolute Gasteiger partial charge is 0.269 e. The SMILES string of the molecule is O=c1c(Cc2cc([N+](=O)[O-])ccc2O)c(O)nc2n1CCCS2. The molecule has 120 valence electrons. The zero-order valence-electron chi connectivity index (χ0n) is 11.9. The summed E-state index contributed by atoms with van der Waals surface area (Å²) in [7, 11) is 0. The van der Waals surface area contributed by atoms with Crippen molar-refractivity contribution >= 4 is 17.4 Å². The normalized spacial score (nSPS) is 13.6. The highest BCUT2D eigenvalue weighted by atomic mass is 32.2. The van der Waals surface area contributed by atoms with Gasteiger partial charge in [0.1, 0.15) is 5.75 Å². The average molecular weight is 335 g/mol. The summed E-state index contributed by atoms with van der Waals surface area (Å²) in [5.41, 5.74) is -0.367. The summed E-state index contributed by atoms with van der Waals surface area (Å²) in [6.07, 6.45) is 0.696. The molecule has 2 aromatic rings. The highest BCUT2D eigenvalue weighted by Gasteiger charge is 2.21. The minimum Gasteiger partial charge on any atom is -0.508 e. The zero-order valence-corrected chi connectivity index (χ0v) is 12.7. The quantitative estimate of drug-likeness (QED) is 0.497. The van der Waals surface area contributed by atoms with Gasteiger partial charge in [-0.2, -0.15) is 4.98 Å². The molecule has 2 heterocycles. The molecule has 1 aliphatic heterocycles. The molecule has 2 N–H and O–H groups in total. The fourth-order valence-corrected chi connectivity index (χ4v) is 3.37. The number of phenols is 1. The monoisotopic (exact) mass is 335 g/mol. The van der Waals surface area contributed by atoms with Gasteiger partial charge in [-0.3, -0.25) is 19.5 Å². The number of phenolic OH excluding ortho intramolecular Hbond substituents is 1. The maximum Gasteiger partial charge on any atom is 0.269 e. The molecule has 1 aromatic carbocycles. The Labute approximate surface area is 134 Å². The van der Waals surface area contributed by atoms with Crippen LogP contribution in [0.2, 0.25) is 0 Å². The first-order valence-corrected chi connectivity index (χ1v) is 7.87. The standard InChI is InChI=1S/C14H13N3O5S/c18-11-3-2-9(17(21)22)6-8(11)7-10-12(19)15-14-16(13(10)20)4-1-5-23-14/h2-3,6,18-19H,1,4-5,7H2. The molecule has 9 heteroatoms. The van der Waals surface area contributed by atoms with E-state index in [1.807, 2.05) is 0 Å². The third-order valence-corrected chi connectivity index (χ3v) is 4.67. The van der Waals surface area contributed by atoms with Gasteiger partial charge in [-0.05, 0) is 12.5 Å². The van der Waals surface area contributed by atoms with Gasteiger partial charge in [-0.1, -0.05) is 11.8 Å². The number of thioether (sulfide) groups is 1. The number of rotatable bonds is 3. The Morgan fingerprint density at radius 1 is 1.39 bits per heavy atom. The average Bonchev–Trinajstić information content (AvgIpc) is 2.52. The molecule has 0 bridgehead atoms. The molecule has 0 fully saturated rings. The summed E-state index contributed by atoms with van der Waals surface area (Å²) < 4.78 is 1.48. The van der Waals surface area contributed by atoms with E-state index in [-0.39, 0.29) is 34.5 Å². The fourth-order valence-electron chi connectivity index (χ4n) is 2.43. The minimum absolute atomic E-state index is 0.0204. The molecule has 23 heavy (non-hydrogen) atoms. The minimum atomic E-state index is -0.586. The van der Waals surface area contributed by atoms with Crippen LogP contribution in [0.4, 0.5) is 5.69 Å². The molecule has 0 atom stereocenters. The van der Waals surface area contributed by atoms with Crippen LogP contribution < -0.4 is 5.56 Å². The van der Waals surface area contributed by atoms with Crippen LogP contribution in [0.5, 0.6) is 11.6 Å². The van der Waals surface area contributed by atoms with Crippen LogP contribution in [0.1, 0.15) is 17.5 Å². The fraction of sp³-hybridized carbons (Fsp3) is 0.286. The van der Waals surface area contributed by atoms with E-state index < -0.39 is 10.8 Å². The van der Waals surface area contributed by atoms with Gasteiger partial charge in [0.25, 0.3) is 11.2 Å². The van der Waals surface area contributed by atoms with Gasteiger partial charge in [0.15, 0.2) is 5.16 Å². The molecule has 0 spiro atoms. The first kappa shape index (κ1) is 15.3. The van der Waals surface area contributed by atoms with Crippen molar-refractivity contribution in [2.45, 2.75) is 24.5 Å². The van der Waals surface area contributed by atoms with Crippen molar-refractivity contribution in [3.63, 3.8) is 0 Å². The molecule has 1 aliphatic rings. The molecule has 0 aliphatic carbocycles. The largest absolute Gasteiger partial charge is 0.508 e. The Morgan fingerprint density at radius 3 is 2.91 bits per heavy atom. The topological polar surface area (TPSA) is 118 Å². The molecule has 0 radical (unpaired) electrons. The van der Waals surface area contributed by atoms with Crippen LogP contribution in [-0.4, -0.2) is 30.4 Å². The number of nitro benzene ring substituents is 1. The van der Waals surface area contributed by atoms with Gasteiger partial charge >= 0.3 is 0 Å². The lowest BCUT2D eigenvalue weighted by atomic mass is 10.1. The highest BCUT2D eigenvalue weighted by Crippen LogP contribution is 2.28. The van der Waals surface area contributed by atoms with E-state index in [1.54, 1.807) is 0 Å². The van der Waals surface area contributed by atoms with Gasteiger partial charge < -0.3 is 10.2 Å². The van der Waals surface area contributed by atoms with Gasteiger partial charge in [-0.25, -0.2) is 0 Å². The molecule has 0 amide bonds. The number of nitrogens with zero attached hydrogens (tertiary/aromatic N) is 3. The van der Waals surface area contributed by atoms with Gasteiger partial charge in [0.2, 0.25) is 5.88 Å². The van der Waals surface area contributed by atoms with Gasteiger partial charge in [-0.15, -0.1) is 0 Å². The van der Waals surface area contributed by atoms with E-state index in [4.69, 9.17) is 0 Å². The molecule has 0 saturated carbocycles. The predicted octanol–water partition coefficient (Wildman–Crippen LogP) is 1.65. The van der Waals surface area contributed by atoms with E-state index in [2.05, 4.69) is 4.98 Å². The van der Waals surface area contributed by atoms with E-state index in [9.17, 15) is 25.1 Å². The maximum atomic E-state index is 12.5. The van der Waals surface area contributed by atoms with Crippen molar-refractivity contribution in [2.24, 2.45) is 0 Å². The van der Waals surface area contributed by atoms with E-state index >= 15 is 0 Å². The summed E-state index contributed by atoms with van der Waals surface area (Å²) in [6.45, 7) is 0.516. The summed E-state index contributed by atoms with van der Waals surface area (Å²) in [5, 5.41) is 31.2. The molecule has 3 rings (SSSR count). The summed E-state index contributed by atoms with van der Waals surface area (Å²) in [4.78, 5) is 26.8. The van der Waals surface area contributed by atoms with Crippen LogP contribution >= 0.6 is 11.8 Å². The molecule has 1 aromatic heterocycles. The first-order chi connectivity index (χ1) is 11.0. The zero-order chi connectivity index (χ0) is 16.6. The Kier molecular flexibility index (Phi) is 3.95. The second-order valence-corrected chi connectivity index (χ2v) is 6.16. The highest BCUT2D eigenvalue weighted by molar-refractivity contribution is 7.99. The van der Waals surface area contributed by atoms with Crippen LogP contribution in [0.3, 0.4) is 0 Å². The molecule has 0 saturated heterocycles. The number of aromatic nitrogens is 2. The lowest BCUT2D eigenvalue weighted by molar-refractivity contribution is -0.384. The number of hydrogen-bond acceptors (Lipinski definition) is 7. The third-order valence-electron chi connectivity index (χ3n) is 3.60. The maximum absolute atomic E-state index is 12.5. The lowest BCUT2D eigenvalue weighted by Crippen LogP contribution is -2.29. The molecule has 8 nitrogen and oxygen atoms in total. The van der Waals surface area contributed by atoms with Crippen LogP contribution in [-0.2, 0) is 13.0 Å². The Morgan fingerprint density at radius 2 is 2.17 bits per heavy atom. The predicted molar refractivity (Wildman–Crippen MR) is 83.1 cm³/mol. The number of benzene rings is 1. The lowest BCUT2D eigenvalue weighted by Gasteiger charge is -2.18. The van der Waals surface area contributed by atoms with Crippen LogP contribution in [0, 0.1) is 10.1 Å². The molecule has 0 unspecified atom stereocenters. The summed E-state index contributed by atoms with van der Waals surface area (Å²) in [6, 6.07) is 3.56. The number of hydrogen-bond donors (Lipinski definition) is 2. The van der Waals surface area contributed by atoms with E-state index in [1.165, 1.54) is 34.5 Å². The Hall–Kier alpha value is -2.55. The van der Waals surface area contributed by atoms with Crippen molar-refractivity contribution in [3.8, 4) is 11.6 Å². The Balaban J connectivity index is 2.06. The van der Waals surface area contributed by atoms with E-state index in [0.717, 1.165) is 12.2 Å². The van der Waals surface area contributed by atoms with Crippen LogP contribution in [0.15, 0.2) is 28.2 Å². The van der Waals surface area contributed by atoms with Gasteiger partial charge in [0, 0.05) is 36.4 Å². The van der Waals surface area contributed by atoms with E-state index in [0.29, 0.717) is 11.7 Å². The molecular formula is C14H13N3O5S. The van der Waals surface area contributed by atoms with Crippen molar-refractivity contribution in [2.75, 3.05) is 5.75 Å². The van der Waals surface area contributed by atoms with Crippen molar-refractivity contribution in [3.05, 3.63) is 49.8 Å². The summed E-state index contributed by atoms with van der Waals surface area (Å²) >= 11 is 1.39. The second-order valence-electron chi connectivity index (χ2n) is 5.10. The van der Waals surface area contributed by atoms with Crippen LogP contribution in [0.25, 0.3) is 0 Å². The number of aromatic hydroxyl groups is 2. The number of nitro groups is 1. The Bertz CT molecular complexity index is 849. The third kappa shape index (κ3) is 2.87. The summed E-state index contributed by atoms with van der Waals surface area (Å²) in [5.74, 6) is 0.254. The van der Waals surface area contributed by atoms with Crippen molar-refractivity contribution in [1.82, 2.24) is 9.55 Å². The number of fused-ring (bicyclic) bond motifs is 1. The van der Waals surface area contributed by atoms with Gasteiger partial charge in [0.05, 0.1) is 10.5 Å². The molecular weight excluding hydrogens is 322 g/mol. The first-order valence-electron chi connectivity index (χ1n) is 6.89. The van der Waals surface area contributed by atoms with Crippen molar-refractivity contribution < 1.29 is 15.1 Å². The van der Waals surface area contributed by atoms with Crippen molar-refractivity contribution in [1.29, 1.82) is 0 Å².